The SMILES string of the molecule is CCc1cccc(C2=C(c3ccc(C=C4CC(CCCF)C4)cc3)c3ccc(C(=O)O)cc3CCC2)c1C(F)(F)F. The number of hydrogen-bond donors (Lipinski definition) is 1. The van der Waals surface area contributed by atoms with Gasteiger partial charge in [-0.1, -0.05) is 67.1 Å². The van der Waals surface area contributed by atoms with Crippen LogP contribution in [-0.2, 0) is 19.0 Å². The Morgan fingerprint density at radius 1 is 1.00 bits per heavy atom. The molecule has 2 nitrogen and oxygen atoms in total. The largest absolute Gasteiger partial charge is 0.478 e. The minimum absolute atomic E-state index is 0.169. The number of rotatable bonds is 8. The van der Waals surface area contributed by atoms with Gasteiger partial charge in [0.2, 0.25) is 0 Å². The van der Waals surface area contributed by atoms with Crippen molar-refractivity contribution < 1.29 is 27.5 Å². The zero-order valence-corrected chi connectivity index (χ0v) is 23.2. The third kappa shape index (κ3) is 6.17. The summed E-state index contributed by atoms with van der Waals surface area (Å²) in [5.74, 6) is -0.484. The standard InChI is InChI=1S/C35H34F4O2/c1-2-25-7-3-10-31(33(25)35(37,38)39)30-9-4-8-27-21-28(34(40)41)15-16-29(27)32(30)26-13-11-22(12-14-26)18-24-19-23(20-24)6-5-17-36/h3,7,10-16,18,21,23H,2,4-6,8-9,17,19-20H2,1H3,(H,40,41). The lowest BCUT2D eigenvalue weighted by molar-refractivity contribution is -0.138. The molecule has 0 bridgehead atoms. The predicted octanol–water partition coefficient (Wildman–Crippen LogP) is 9.80. The van der Waals surface area contributed by atoms with Crippen LogP contribution in [-0.4, -0.2) is 17.8 Å². The molecule has 0 saturated heterocycles. The normalized spacial score (nSPS) is 17.1. The van der Waals surface area contributed by atoms with Gasteiger partial charge in [0.1, 0.15) is 0 Å². The summed E-state index contributed by atoms with van der Waals surface area (Å²) in [5, 5.41) is 9.58. The smallest absolute Gasteiger partial charge is 0.417 e. The van der Waals surface area contributed by atoms with E-state index in [0.29, 0.717) is 37.2 Å². The summed E-state index contributed by atoms with van der Waals surface area (Å²) >= 11 is 0. The second-order valence-electron chi connectivity index (χ2n) is 11.1. The Hall–Kier alpha value is -3.67. The number of halogens is 4. The quantitative estimate of drug-likeness (QED) is 0.278. The number of carboxylic acids is 1. The summed E-state index contributed by atoms with van der Waals surface area (Å²) in [6.07, 6.45) is 3.00. The topological polar surface area (TPSA) is 37.3 Å². The summed E-state index contributed by atoms with van der Waals surface area (Å²) in [6.45, 7) is 1.46. The van der Waals surface area contributed by atoms with Crippen molar-refractivity contribution >= 4 is 23.2 Å². The highest BCUT2D eigenvalue weighted by atomic mass is 19.4. The number of benzene rings is 3. The first-order chi connectivity index (χ1) is 19.7. The van der Waals surface area contributed by atoms with Crippen LogP contribution >= 0.6 is 0 Å². The highest BCUT2D eigenvalue weighted by molar-refractivity contribution is 6.01. The minimum Gasteiger partial charge on any atom is -0.478 e. The number of hydrogen-bond acceptors (Lipinski definition) is 1. The highest BCUT2D eigenvalue weighted by Crippen LogP contribution is 2.45. The molecule has 0 atom stereocenters. The molecule has 0 aliphatic heterocycles. The molecule has 3 aromatic carbocycles. The maximum absolute atomic E-state index is 14.5. The van der Waals surface area contributed by atoms with E-state index in [1.54, 1.807) is 37.3 Å². The van der Waals surface area contributed by atoms with Crippen molar-refractivity contribution in [3.05, 3.63) is 111 Å². The van der Waals surface area contributed by atoms with Crippen LogP contribution in [0.2, 0.25) is 0 Å². The van der Waals surface area contributed by atoms with E-state index in [1.807, 2.05) is 24.3 Å². The molecule has 5 rings (SSSR count). The first kappa shape index (κ1) is 28.8. The third-order valence-electron chi connectivity index (χ3n) is 8.35. The van der Waals surface area contributed by atoms with Gasteiger partial charge in [0.25, 0.3) is 0 Å². The molecule has 6 heteroatoms. The van der Waals surface area contributed by atoms with E-state index >= 15 is 0 Å². The number of alkyl halides is 4. The van der Waals surface area contributed by atoms with Crippen molar-refractivity contribution in [2.24, 2.45) is 5.92 Å². The second-order valence-corrected chi connectivity index (χ2v) is 11.1. The molecule has 0 amide bonds. The first-order valence-corrected chi connectivity index (χ1v) is 14.3. The molecule has 0 aromatic heterocycles. The summed E-state index contributed by atoms with van der Waals surface area (Å²) in [4.78, 5) is 11.7. The number of carbonyl (C=O) groups is 1. The fourth-order valence-electron chi connectivity index (χ4n) is 6.35. The lowest BCUT2D eigenvalue weighted by Crippen LogP contribution is -2.14. The van der Waals surface area contributed by atoms with Gasteiger partial charge in [-0.3, -0.25) is 4.39 Å². The Bertz CT molecular complexity index is 1490. The van der Waals surface area contributed by atoms with Gasteiger partial charge < -0.3 is 5.11 Å². The van der Waals surface area contributed by atoms with Gasteiger partial charge in [-0.15, -0.1) is 0 Å². The van der Waals surface area contributed by atoms with Gasteiger partial charge in [0, 0.05) is 0 Å². The number of aromatic carboxylic acids is 1. The van der Waals surface area contributed by atoms with Gasteiger partial charge in [0.05, 0.1) is 17.8 Å². The molecule has 3 aromatic rings. The molecule has 2 aliphatic carbocycles. The average Bonchev–Trinajstić information content (AvgIpc) is 3.12. The molecule has 0 unspecified atom stereocenters. The fraction of sp³-hybridized carbons (Fsp3) is 0.343. The highest BCUT2D eigenvalue weighted by Gasteiger charge is 2.37. The minimum atomic E-state index is -4.51. The molecule has 2 aliphatic rings. The van der Waals surface area contributed by atoms with Crippen molar-refractivity contribution in [2.45, 2.75) is 64.5 Å². The number of carboxylic acid groups (broad SMARTS) is 1. The zero-order chi connectivity index (χ0) is 29.1. The van der Waals surface area contributed by atoms with Crippen LogP contribution in [0.1, 0.15) is 94.8 Å². The maximum Gasteiger partial charge on any atom is 0.417 e. The Morgan fingerprint density at radius 3 is 2.41 bits per heavy atom. The van der Waals surface area contributed by atoms with Crippen LogP contribution < -0.4 is 0 Å². The van der Waals surface area contributed by atoms with E-state index in [0.717, 1.165) is 47.1 Å². The number of aryl methyl sites for hydroxylation is 2. The Labute approximate surface area is 238 Å². The Kier molecular flexibility index (Phi) is 8.48. The van der Waals surface area contributed by atoms with E-state index < -0.39 is 17.7 Å². The summed E-state index contributed by atoms with van der Waals surface area (Å²) in [7, 11) is 0. The van der Waals surface area contributed by atoms with E-state index in [4.69, 9.17) is 0 Å². The van der Waals surface area contributed by atoms with Crippen LogP contribution in [0.5, 0.6) is 0 Å². The van der Waals surface area contributed by atoms with Crippen LogP contribution in [0.15, 0.2) is 66.2 Å². The number of allylic oxidation sites excluding steroid dienone is 2. The van der Waals surface area contributed by atoms with Crippen molar-refractivity contribution in [3.63, 3.8) is 0 Å². The van der Waals surface area contributed by atoms with Crippen molar-refractivity contribution in [3.8, 4) is 0 Å². The lowest BCUT2D eigenvalue weighted by Gasteiger charge is -2.29. The fourth-order valence-corrected chi connectivity index (χ4v) is 6.35. The van der Waals surface area contributed by atoms with E-state index in [2.05, 4.69) is 6.08 Å². The van der Waals surface area contributed by atoms with Crippen molar-refractivity contribution in [2.75, 3.05) is 6.67 Å². The van der Waals surface area contributed by atoms with Gasteiger partial charge in [-0.2, -0.15) is 13.2 Å². The van der Waals surface area contributed by atoms with Crippen molar-refractivity contribution in [1.82, 2.24) is 0 Å². The lowest BCUT2D eigenvalue weighted by atomic mass is 9.77. The van der Waals surface area contributed by atoms with Gasteiger partial charge in [-0.25, -0.2) is 4.79 Å². The van der Waals surface area contributed by atoms with Gasteiger partial charge in [0.15, 0.2) is 0 Å². The maximum atomic E-state index is 14.5. The summed E-state index contributed by atoms with van der Waals surface area (Å²) in [5.41, 5.74) is 6.16. The molecule has 0 spiro atoms. The third-order valence-corrected chi connectivity index (χ3v) is 8.35. The monoisotopic (exact) mass is 562 g/mol. The molecule has 1 saturated carbocycles. The van der Waals surface area contributed by atoms with Crippen LogP contribution in [0.4, 0.5) is 17.6 Å². The van der Waals surface area contributed by atoms with E-state index in [9.17, 15) is 27.5 Å². The molecule has 1 fully saturated rings. The zero-order valence-electron chi connectivity index (χ0n) is 23.2. The summed E-state index contributed by atoms with van der Waals surface area (Å²) in [6, 6.07) is 17.6. The van der Waals surface area contributed by atoms with Crippen LogP contribution in [0.25, 0.3) is 17.2 Å². The molecule has 1 N–H and O–H groups in total. The van der Waals surface area contributed by atoms with Crippen molar-refractivity contribution in [1.29, 1.82) is 0 Å². The molecular formula is C35H34F4O2. The molecular weight excluding hydrogens is 528 g/mol. The molecule has 214 valence electrons. The van der Waals surface area contributed by atoms with Crippen LogP contribution in [0, 0.1) is 5.92 Å². The second kappa shape index (κ2) is 12.1. The Morgan fingerprint density at radius 2 is 1.76 bits per heavy atom. The molecule has 0 heterocycles. The first-order valence-electron chi connectivity index (χ1n) is 14.3. The number of fused-ring (bicyclic) bond motifs is 1. The summed E-state index contributed by atoms with van der Waals surface area (Å²) < 4.78 is 56.0. The molecule has 0 radical (unpaired) electrons. The van der Waals surface area contributed by atoms with E-state index in [1.165, 1.54) is 11.6 Å². The van der Waals surface area contributed by atoms with Crippen LogP contribution in [0.3, 0.4) is 0 Å². The Balaban J connectivity index is 1.63. The average molecular weight is 563 g/mol. The van der Waals surface area contributed by atoms with E-state index in [-0.39, 0.29) is 29.8 Å². The van der Waals surface area contributed by atoms with Gasteiger partial charge >= 0.3 is 12.1 Å². The molecule has 41 heavy (non-hydrogen) atoms. The van der Waals surface area contributed by atoms with Gasteiger partial charge in [-0.05, 0) is 114 Å². The predicted molar refractivity (Wildman–Crippen MR) is 155 cm³/mol.